The Morgan fingerprint density at radius 1 is 1.10 bits per heavy atom. The third-order valence-electron chi connectivity index (χ3n) is 7.14. The molecule has 6 rings (SSSR count). The number of carbonyl (C=O) groups excluding carboxylic acids is 1. The Balaban J connectivity index is 1.35. The van der Waals surface area contributed by atoms with Gasteiger partial charge < -0.3 is 19.2 Å². The number of H-pyrrole nitrogens is 1. The van der Waals surface area contributed by atoms with E-state index < -0.39 is 17.4 Å². The lowest BCUT2D eigenvalue weighted by Crippen LogP contribution is -2.24. The van der Waals surface area contributed by atoms with Crippen LogP contribution in [0.5, 0.6) is 11.6 Å². The number of aromatic amines is 1. The molecule has 0 fully saturated rings. The molecule has 3 heterocycles. The zero-order chi connectivity index (χ0) is 28.9. The SMILES string of the molecule is Cc1nn2c(c1-c1c(F)ccc3c(CCCOc4cccc5cc(F)ccc45)c(C(=O)OC(C)(C)C)[nH]c13)OCC2. The molecule has 0 spiro atoms. The number of hydrogen-bond acceptors (Lipinski definition) is 5. The van der Waals surface area contributed by atoms with Crippen molar-refractivity contribution in [3.05, 3.63) is 77.1 Å². The highest BCUT2D eigenvalue weighted by Crippen LogP contribution is 2.42. The van der Waals surface area contributed by atoms with Crippen LogP contribution in [0.2, 0.25) is 0 Å². The molecular weight excluding hydrogens is 528 g/mol. The maximum atomic E-state index is 15.5. The summed E-state index contributed by atoms with van der Waals surface area (Å²) in [5, 5.41) is 6.83. The predicted octanol–water partition coefficient (Wildman–Crippen LogP) is 7.13. The molecule has 0 amide bonds. The average Bonchev–Trinajstić information content (AvgIpc) is 3.59. The summed E-state index contributed by atoms with van der Waals surface area (Å²) in [6, 6.07) is 13.2. The average molecular weight is 560 g/mol. The number of esters is 1. The second-order valence-electron chi connectivity index (χ2n) is 11.2. The highest BCUT2D eigenvalue weighted by Gasteiger charge is 2.30. The monoisotopic (exact) mass is 559 g/mol. The first-order chi connectivity index (χ1) is 19.6. The molecule has 7 nitrogen and oxygen atoms in total. The number of carbonyl (C=O) groups is 1. The van der Waals surface area contributed by atoms with Crippen molar-refractivity contribution < 1.29 is 27.8 Å². The number of nitrogens with zero attached hydrogens (tertiary/aromatic N) is 2. The van der Waals surface area contributed by atoms with Crippen molar-refractivity contribution in [1.82, 2.24) is 14.8 Å². The van der Waals surface area contributed by atoms with E-state index >= 15 is 4.39 Å². The normalized spacial score (nSPS) is 13.0. The van der Waals surface area contributed by atoms with Gasteiger partial charge in [-0.1, -0.05) is 12.1 Å². The van der Waals surface area contributed by atoms with E-state index in [9.17, 15) is 9.18 Å². The maximum absolute atomic E-state index is 15.5. The van der Waals surface area contributed by atoms with Crippen molar-refractivity contribution in [3.8, 4) is 22.8 Å². The Kier molecular flexibility index (Phi) is 6.68. The molecule has 0 bridgehead atoms. The standard InChI is InChI=1S/C32H31F2N3O4/c1-18-26(30-37(36-18)14-16-40-30)27-24(34)13-12-23-22(29(35-28(23)27)31(38)41-32(2,3)4)8-6-15-39-25-9-5-7-19-17-20(33)10-11-21(19)25/h5,7,9-13,17,35H,6,8,14-16H2,1-4H3. The van der Waals surface area contributed by atoms with Gasteiger partial charge in [0.2, 0.25) is 5.88 Å². The Bertz CT molecular complexity index is 1800. The van der Waals surface area contributed by atoms with Gasteiger partial charge in [-0.2, -0.15) is 5.10 Å². The Morgan fingerprint density at radius 2 is 1.90 bits per heavy atom. The lowest BCUT2D eigenvalue weighted by molar-refractivity contribution is 0.00625. The van der Waals surface area contributed by atoms with E-state index in [4.69, 9.17) is 14.2 Å². The molecule has 5 aromatic rings. The van der Waals surface area contributed by atoms with Gasteiger partial charge in [-0.3, -0.25) is 0 Å². The summed E-state index contributed by atoms with van der Waals surface area (Å²) in [6.07, 6.45) is 1.04. The van der Waals surface area contributed by atoms with Gasteiger partial charge >= 0.3 is 5.97 Å². The number of aryl methyl sites for hydroxylation is 2. The molecule has 0 radical (unpaired) electrons. The minimum absolute atomic E-state index is 0.282. The zero-order valence-electron chi connectivity index (χ0n) is 23.4. The first-order valence-electron chi connectivity index (χ1n) is 13.7. The summed E-state index contributed by atoms with van der Waals surface area (Å²) < 4.78 is 48.5. The van der Waals surface area contributed by atoms with Gasteiger partial charge in [-0.05, 0) is 87.9 Å². The van der Waals surface area contributed by atoms with E-state index in [0.29, 0.717) is 66.6 Å². The van der Waals surface area contributed by atoms with Crippen LogP contribution in [0, 0.1) is 18.6 Å². The van der Waals surface area contributed by atoms with Gasteiger partial charge in [0.15, 0.2) is 0 Å². The van der Waals surface area contributed by atoms with Crippen molar-refractivity contribution >= 4 is 27.6 Å². The number of fused-ring (bicyclic) bond motifs is 3. The largest absolute Gasteiger partial charge is 0.493 e. The molecule has 41 heavy (non-hydrogen) atoms. The summed E-state index contributed by atoms with van der Waals surface area (Å²) >= 11 is 0. The summed E-state index contributed by atoms with van der Waals surface area (Å²) in [7, 11) is 0. The van der Waals surface area contributed by atoms with Crippen molar-refractivity contribution in [3.63, 3.8) is 0 Å². The fourth-order valence-electron chi connectivity index (χ4n) is 5.46. The minimum atomic E-state index is -0.714. The number of ether oxygens (including phenoxy) is 3. The molecule has 0 saturated carbocycles. The van der Waals surface area contributed by atoms with Gasteiger partial charge in [-0.25, -0.2) is 18.3 Å². The highest BCUT2D eigenvalue weighted by atomic mass is 19.1. The van der Waals surface area contributed by atoms with Crippen LogP contribution in [-0.4, -0.2) is 39.5 Å². The van der Waals surface area contributed by atoms with Crippen LogP contribution in [0.3, 0.4) is 0 Å². The molecule has 2 aromatic heterocycles. The third kappa shape index (κ3) is 5.01. The van der Waals surface area contributed by atoms with E-state index in [2.05, 4.69) is 10.1 Å². The quantitative estimate of drug-likeness (QED) is 0.170. The second kappa shape index (κ2) is 10.2. The fraction of sp³-hybridized carbons (Fsp3) is 0.312. The number of rotatable bonds is 7. The molecule has 1 aliphatic rings. The van der Waals surface area contributed by atoms with Crippen LogP contribution in [0.15, 0.2) is 48.5 Å². The van der Waals surface area contributed by atoms with Gasteiger partial charge in [0, 0.05) is 16.3 Å². The van der Waals surface area contributed by atoms with Gasteiger partial charge in [0.05, 0.1) is 29.9 Å². The van der Waals surface area contributed by atoms with Gasteiger partial charge in [0.1, 0.15) is 35.3 Å². The number of hydrogen-bond donors (Lipinski definition) is 1. The summed E-state index contributed by atoms with van der Waals surface area (Å²) in [5.74, 6) is -0.0790. The minimum Gasteiger partial charge on any atom is -0.493 e. The van der Waals surface area contributed by atoms with Gasteiger partial charge in [0.25, 0.3) is 0 Å². The first-order valence-corrected chi connectivity index (χ1v) is 13.7. The summed E-state index contributed by atoms with van der Waals surface area (Å²) in [6.45, 7) is 8.66. The molecule has 0 unspecified atom stereocenters. The molecule has 1 N–H and O–H groups in total. The number of halogens is 2. The fourth-order valence-corrected chi connectivity index (χ4v) is 5.46. The van der Waals surface area contributed by atoms with Crippen molar-refractivity contribution in [2.45, 2.75) is 52.7 Å². The Labute approximate surface area is 236 Å². The van der Waals surface area contributed by atoms with Gasteiger partial charge in [-0.15, -0.1) is 0 Å². The van der Waals surface area contributed by atoms with E-state index in [-0.39, 0.29) is 11.5 Å². The summed E-state index contributed by atoms with van der Waals surface area (Å²) in [4.78, 5) is 16.6. The van der Waals surface area contributed by atoms with E-state index in [1.165, 1.54) is 18.2 Å². The third-order valence-corrected chi connectivity index (χ3v) is 7.14. The lowest BCUT2D eigenvalue weighted by atomic mass is 9.99. The Morgan fingerprint density at radius 3 is 2.71 bits per heavy atom. The first kappa shape index (κ1) is 26.8. The highest BCUT2D eigenvalue weighted by molar-refractivity contribution is 6.04. The van der Waals surface area contributed by atoms with Crippen LogP contribution in [-0.2, 0) is 17.7 Å². The second-order valence-corrected chi connectivity index (χ2v) is 11.2. The molecule has 3 aromatic carbocycles. The molecule has 0 saturated heterocycles. The van der Waals surface area contributed by atoms with Crippen LogP contribution in [0.1, 0.15) is 48.9 Å². The van der Waals surface area contributed by atoms with E-state index in [0.717, 1.165) is 21.7 Å². The molecule has 1 aliphatic heterocycles. The predicted molar refractivity (Wildman–Crippen MR) is 153 cm³/mol. The van der Waals surface area contributed by atoms with Crippen molar-refractivity contribution in [1.29, 1.82) is 0 Å². The molecule has 212 valence electrons. The number of benzene rings is 3. The van der Waals surface area contributed by atoms with Crippen LogP contribution in [0.25, 0.3) is 32.8 Å². The Hall–Kier alpha value is -4.40. The maximum Gasteiger partial charge on any atom is 0.355 e. The van der Waals surface area contributed by atoms with Crippen molar-refractivity contribution in [2.75, 3.05) is 13.2 Å². The molecule has 0 atom stereocenters. The molecule has 9 heteroatoms. The topological polar surface area (TPSA) is 78.4 Å². The zero-order valence-corrected chi connectivity index (χ0v) is 23.4. The number of nitrogens with one attached hydrogen (secondary N) is 1. The van der Waals surface area contributed by atoms with Crippen LogP contribution in [0.4, 0.5) is 8.78 Å². The lowest BCUT2D eigenvalue weighted by Gasteiger charge is -2.19. The van der Waals surface area contributed by atoms with Crippen LogP contribution >= 0.6 is 0 Å². The summed E-state index contributed by atoms with van der Waals surface area (Å²) in [5.41, 5.74) is 2.32. The number of aromatic nitrogens is 3. The van der Waals surface area contributed by atoms with Crippen LogP contribution < -0.4 is 9.47 Å². The molecular formula is C32H31F2N3O4. The van der Waals surface area contributed by atoms with E-state index in [1.54, 1.807) is 37.6 Å². The smallest absolute Gasteiger partial charge is 0.355 e. The molecule has 0 aliphatic carbocycles. The van der Waals surface area contributed by atoms with E-state index in [1.807, 2.05) is 25.1 Å². The van der Waals surface area contributed by atoms with Crippen molar-refractivity contribution in [2.24, 2.45) is 0 Å².